The van der Waals surface area contributed by atoms with Crippen molar-refractivity contribution in [1.29, 1.82) is 0 Å². The van der Waals surface area contributed by atoms with Gasteiger partial charge in [0.15, 0.2) is 18.1 Å². The lowest BCUT2D eigenvalue weighted by Crippen LogP contribution is -2.05. The summed E-state index contributed by atoms with van der Waals surface area (Å²) in [5.74, 6) is 2.68. The Labute approximate surface area is 170 Å². The molecule has 29 heavy (non-hydrogen) atoms. The van der Waals surface area contributed by atoms with Crippen molar-refractivity contribution in [3.8, 4) is 22.9 Å². The predicted octanol–water partition coefficient (Wildman–Crippen LogP) is 4.64. The molecule has 0 fully saturated rings. The van der Waals surface area contributed by atoms with Gasteiger partial charge >= 0.3 is 0 Å². The molecule has 0 aliphatic heterocycles. The highest BCUT2D eigenvalue weighted by Crippen LogP contribution is 2.28. The maximum Gasteiger partial charge on any atom is 0.267 e. The number of aromatic nitrogens is 2. The normalized spacial score (nSPS) is 11.2. The Balaban J connectivity index is 1.57. The first kappa shape index (κ1) is 20.4. The third-order valence-corrected chi connectivity index (χ3v) is 4.08. The van der Waals surface area contributed by atoms with Crippen molar-refractivity contribution < 1.29 is 18.8 Å². The summed E-state index contributed by atoms with van der Waals surface area (Å²) in [7, 11) is 1.61. The molecule has 0 amide bonds. The van der Waals surface area contributed by atoms with Crippen molar-refractivity contribution in [2.45, 2.75) is 27.4 Å². The van der Waals surface area contributed by atoms with Gasteiger partial charge < -0.3 is 18.8 Å². The van der Waals surface area contributed by atoms with Gasteiger partial charge in [-0.1, -0.05) is 48.4 Å². The summed E-state index contributed by atoms with van der Waals surface area (Å²) >= 11 is 0. The summed E-state index contributed by atoms with van der Waals surface area (Å²) in [5.41, 5.74) is 2.83. The van der Waals surface area contributed by atoms with Crippen LogP contribution in [-0.2, 0) is 11.4 Å². The minimum Gasteiger partial charge on any atom is -0.493 e. The molecule has 0 unspecified atom stereocenters. The zero-order valence-corrected chi connectivity index (χ0v) is 17.1. The Morgan fingerprint density at radius 2 is 1.97 bits per heavy atom. The van der Waals surface area contributed by atoms with Crippen LogP contribution in [0.25, 0.3) is 11.4 Å². The van der Waals surface area contributed by atoms with E-state index in [1.54, 1.807) is 13.3 Å². The number of oxime groups is 1. The number of benzene rings is 2. The van der Waals surface area contributed by atoms with E-state index in [0.29, 0.717) is 35.7 Å². The second kappa shape index (κ2) is 9.73. The molecule has 1 aromatic heterocycles. The number of hydrogen-bond acceptors (Lipinski definition) is 7. The van der Waals surface area contributed by atoms with E-state index in [9.17, 15) is 0 Å². The molecule has 2 aromatic carbocycles. The molecule has 7 nitrogen and oxygen atoms in total. The third kappa shape index (κ3) is 5.57. The summed E-state index contributed by atoms with van der Waals surface area (Å²) in [6.45, 7) is 6.90. The van der Waals surface area contributed by atoms with E-state index in [0.717, 1.165) is 16.7 Å². The average Bonchev–Trinajstić information content (AvgIpc) is 3.19. The van der Waals surface area contributed by atoms with Crippen LogP contribution in [0.1, 0.15) is 30.9 Å². The maximum atomic E-state index is 5.75. The summed E-state index contributed by atoms with van der Waals surface area (Å²) in [4.78, 5) is 9.63. The molecule has 0 radical (unpaired) electrons. The summed E-state index contributed by atoms with van der Waals surface area (Å²) in [5, 5.41) is 7.96. The molecule has 0 aliphatic carbocycles. The van der Waals surface area contributed by atoms with Gasteiger partial charge in [-0.25, -0.2) is 0 Å². The smallest absolute Gasteiger partial charge is 0.267 e. The Bertz CT molecular complexity index is 966. The molecule has 152 valence electrons. The van der Waals surface area contributed by atoms with Crippen molar-refractivity contribution in [2.24, 2.45) is 11.1 Å². The highest BCUT2D eigenvalue weighted by Gasteiger charge is 2.11. The molecule has 0 atom stereocenters. The van der Waals surface area contributed by atoms with Gasteiger partial charge in [0.25, 0.3) is 5.89 Å². The molecule has 1 heterocycles. The lowest BCUT2D eigenvalue weighted by Gasteiger charge is -2.12. The second-order valence-corrected chi connectivity index (χ2v) is 6.95. The molecular weight excluding hydrogens is 370 g/mol. The topological polar surface area (TPSA) is 79.0 Å². The van der Waals surface area contributed by atoms with E-state index < -0.39 is 0 Å². The van der Waals surface area contributed by atoms with Crippen LogP contribution in [0.2, 0.25) is 0 Å². The van der Waals surface area contributed by atoms with Gasteiger partial charge in [0.1, 0.15) is 0 Å². The van der Waals surface area contributed by atoms with Gasteiger partial charge in [-0.05, 0) is 36.6 Å². The molecule has 3 aromatic rings. The SMILES string of the molecule is COc1cc(/C=N\OCc2nc(-c3ccccc3C)no2)ccc1OCC(C)C. The van der Waals surface area contributed by atoms with Crippen molar-refractivity contribution in [1.82, 2.24) is 10.1 Å². The van der Waals surface area contributed by atoms with Crippen LogP contribution < -0.4 is 9.47 Å². The van der Waals surface area contributed by atoms with E-state index >= 15 is 0 Å². The Hall–Kier alpha value is -3.35. The first-order valence-electron chi connectivity index (χ1n) is 9.41. The zero-order valence-electron chi connectivity index (χ0n) is 17.1. The van der Waals surface area contributed by atoms with Crippen molar-refractivity contribution in [3.63, 3.8) is 0 Å². The van der Waals surface area contributed by atoms with E-state index in [2.05, 4.69) is 29.1 Å². The summed E-state index contributed by atoms with van der Waals surface area (Å²) in [6.07, 6.45) is 1.59. The average molecular weight is 395 g/mol. The molecule has 7 heteroatoms. The van der Waals surface area contributed by atoms with E-state index in [4.69, 9.17) is 18.8 Å². The number of methoxy groups -OCH3 is 1. The minimum atomic E-state index is 0.0854. The van der Waals surface area contributed by atoms with Crippen LogP contribution >= 0.6 is 0 Å². The van der Waals surface area contributed by atoms with E-state index in [1.807, 2.05) is 49.4 Å². The van der Waals surface area contributed by atoms with Crippen molar-refractivity contribution >= 4 is 6.21 Å². The largest absolute Gasteiger partial charge is 0.493 e. The number of nitrogens with zero attached hydrogens (tertiary/aromatic N) is 3. The number of rotatable bonds is 9. The zero-order chi connectivity index (χ0) is 20.6. The predicted molar refractivity (Wildman–Crippen MR) is 110 cm³/mol. The van der Waals surface area contributed by atoms with Crippen LogP contribution in [-0.4, -0.2) is 30.1 Å². The van der Waals surface area contributed by atoms with Crippen LogP contribution in [0.4, 0.5) is 0 Å². The van der Waals surface area contributed by atoms with Gasteiger partial charge in [-0.15, -0.1) is 0 Å². The van der Waals surface area contributed by atoms with Gasteiger partial charge in [-0.2, -0.15) is 4.98 Å². The number of ether oxygens (including phenoxy) is 2. The Morgan fingerprint density at radius 3 is 2.72 bits per heavy atom. The van der Waals surface area contributed by atoms with Crippen LogP contribution in [0.3, 0.4) is 0 Å². The quantitative estimate of drug-likeness (QED) is 0.388. The fourth-order valence-electron chi connectivity index (χ4n) is 2.58. The summed E-state index contributed by atoms with van der Waals surface area (Å²) < 4.78 is 16.4. The second-order valence-electron chi connectivity index (χ2n) is 6.95. The Morgan fingerprint density at radius 1 is 1.14 bits per heavy atom. The van der Waals surface area contributed by atoms with E-state index in [1.165, 1.54) is 0 Å². The molecule has 0 bridgehead atoms. The number of hydrogen-bond donors (Lipinski definition) is 0. The van der Waals surface area contributed by atoms with Crippen LogP contribution in [0.15, 0.2) is 52.1 Å². The lowest BCUT2D eigenvalue weighted by atomic mass is 10.1. The number of aryl methyl sites for hydroxylation is 1. The molecule has 3 rings (SSSR count). The van der Waals surface area contributed by atoms with Crippen molar-refractivity contribution in [2.75, 3.05) is 13.7 Å². The fraction of sp³-hybridized carbons (Fsp3) is 0.318. The van der Waals surface area contributed by atoms with Crippen molar-refractivity contribution in [3.05, 3.63) is 59.5 Å². The maximum absolute atomic E-state index is 5.75. The standard InChI is InChI=1S/C22H25N3O4/c1-15(2)13-27-19-10-9-17(11-20(19)26-4)12-23-28-14-21-24-22(25-29-21)18-8-6-5-7-16(18)3/h5-12,15H,13-14H2,1-4H3/b23-12-. The molecule has 0 N–H and O–H groups in total. The first-order valence-corrected chi connectivity index (χ1v) is 9.41. The first-order chi connectivity index (χ1) is 14.1. The van der Waals surface area contributed by atoms with Gasteiger partial charge in [0.2, 0.25) is 5.82 Å². The van der Waals surface area contributed by atoms with Crippen LogP contribution in [0.5, 0.6) is 11.5 Å². The highest BCUT2D eigenvalue weighted by atomic mass is 16.6. The van der Waals surface area contributed by atoms with Gasteiger partial charge in [0.05, 0.1) is 19.9 Å². The third-order valence-electron chi connectivity index (χ3n) is 4.08. The monoisotopic (exact) mass is 395 g/mol. The Kier molecular flexibility index (Phi) is 6.84. The summed E-state index contributed by atoms with van der Waals surface area (Å²) in [6, 6.07) is 13.4. The van der Waals surface area contributed by atoms with E-state index in [-0.39, 0.29) is 6.61 Å². The molecule has 0 saturated carbocycles. The fourth-order valence-corrected chi connectivity index (χ4v) is 2.58. The highest BCUT2D eigenvalue weighted by molar-refractivity contribution is 5.80. The lowest BCUT2D eigenvalue weighted by molar-refractivity contribution is 0.107. The molecule has 0 aliphatic rings. The van der Waals surface area contributed by atoms with Gasteiger partial charge in [-0.3, -0.25) is 0 Å². The molecular formula is C22H25N3O4. The van der Waals surface area contributed by atoms with Crippen LogP contribution in [0, 0.1) is 12.8 Å². The molecule has 0 spiro atoms. The molecule has 0 saturated heterocycles. The van der Waals surface area contributed by atoms with Gasteiger partial charge in [0, 0.05) is 11.1 Å². The minimum absolute atomic E-state index is 0.0854.